The number of fused-ring (bicyclic) bond motifs is 2. The number of nitrogens with two attached hydrogens (primary N) is 2. The molecule has 15 heteroatoms. The third kappa shape index (κ3) is 10.9. The number of nitrogens with one attached hydrogen (secondary N) is 2. The highest BCUT2D eigenvalue weighted by Crippen LogP contribution is 2.32. The van der Waals surface area contributed by atoms with Gasteiger partial charge < -0.3 is 45.8 Å². The molecule has 0 aliphatic carbocycles. The molecular formula is C46H64Cl2N8O5. The predicted octanol–water partition coefficient (Wildman–Crippen LogP) is 5.66. The number of halogens is 2. The zero-order chi connectivity index (χ0) is 44.1. The van der Waals surface area contributed by atoms with E-state index in [1.807, 2.05) is 73.9 Å². The van der Waals surface area contributed by atoms with E-state index >= 15 is 0 Å². The van der Waals surface area contributed by atoms with Crippen molar-refractivity contribution < 1.29 is 23.9 Å². The molecule has 332 valence electrons. The van der Waals surface area contributed by atoms with E-state index in [4.69, 9.17) is 39.4 Å². The van der Waals surface area contributed by atoms with Crippen LogP contribution in [0, 0.1) is 11.8 Å². The monoisotopic (exact) mass is 878 g/mol. The minimum atomic E-state index is -0.698. The molecule has 6 rings (SSSR count). The zero-order valence-electron chi connectivity index (χ0n) is 36.5. The molecule has 4 aromatic rings. The molecule has 0 saturated carbocycles. The lowest BCUT2D eigenvalue weighted by Crippen LogP contribution is -2.55. The molecule has 2 aliphatic heterocycles. The molecule has 6 atom stereocenters. The molecule has 4 amide bonds. The number of hydrogen-bond acceptors (Lipinski definition) is 7. The molecule has 2 fully saturated rings. The Bertz CT molecular complexity index is 2050. The van der Waals surface area contributed by atoms with E-state index in [1.54, 1.807) is 13.8 Å². The van der Waals surface area contributed by atoms with Crippen LogP contribution in [-0.4, -0.2) is 105 Å². The Labute approximate surface area is 369 Å². The minimum Gasteiger partial charge on any atom is -0.378 e. The van der Waals surface area contributed by atoms with Gasteiger partial charge in [0.1, 0.15) is 12.1 Å². The normalized spacial score (nSPS) is 19.0. The van der Waals surface area contributed by atoms with Crippen LogP contribution in [0.2, 0.25) is 10.0 Å². The van der Waals surface area contributed by atoms with Gasteiger partial charge in [0.15, 0.2) is 0 Å². The van der Waals surface area contributed by atoms with E-state index in [2.05, 4.69) is 32.2 Å². The fourth-order valence-corrected chi connectivity index (χ4v) is 9.29. The van der Waals surface area contributed by atoms with Gasteiger partial charge in [-0.3, -0.25) is 19.2 Å². The maximum absolute atomic E-state index is 13.9. The fourth-order valence-electron chi connectivity index (χ4n) is 8.95. The van der Waals surface area contributed by atoms with Crippen molar-refractivity contribution in [2.45, 2.75) is 129 Å². The van der Waals surface area contributed by atoms with Crippen molar-refractivity contribution in [3.63, 3.8) is 0 Å². The summed E-state index contributed by atoms with van der Waals surface area (Å²) in [5.41, 5.74) is 16.0. The van der Waals surface area contributed by atoms with Crippen molar-refractivity contribution in [1.82, 2.24) is 29.6 Å². The summed E-state index contributed by atoms with van der Waals surface area (Å²) in [6.45, 7) is 14.5. The average molecular weight is 880 g/mol. The van der Waals surface area contributed by atoms with Gasteiger partial charge >= 0.3 is 0 Å². The van der Waals surface area contributed by atoms with Crippen molar-refractivity contribution in [2.24, 2.45) is 23.3 Å². The van der Waals surface area contributed by atoms with Gasteiger partial charge in [-0.1, -0.05) is 50.9 Å². The summed E-state index contributed by atoms with van der Waals surface area (Å²) in [5.74, 6) is -0.961. The van der Waals surface area contributed by atoms with Gasteiger partial charge in [-0.2, -0.15) is 0 Å². The summed E-state index contributed by atoms with van der Waals surface area (Å²) < 4.78 is 10.7. The number of aromatic nitrogens is 2. The first kappa shape index (κ1) is 46.4. The number of carbonyl (C=O) groups is 4. The van der Waals surface area contributed by atoms with Gasteiger partial charge in [0.05, 0.1) is 25.3 Å². The number of likely N-dealkylation sites (tertiary alicyclic amines) is 2. The predicted molar refractivity (Wildman–Crippen MR) is 242 cm³/mol. The standard InChI is InChI=1S/C46H64Cl2N8O5/c1-27(2)41(51-43(57)29(5)49)45(59)55-15-7-9-35(55)21-31-25-53(39-13-11-33(47)23-37(31)39)17-19-61-20-18-54-26-32(38-24-34(48)12-14-40(38)54)22-36-10-8-16-56(36)46(60)42(28(3)4)52-44(58)30(6)50/h11-14,23-30,35-36,41-42H,7-10,15-22,49-50H2,1-6H3,(H,51,57)(H,52,58)/t29-,30-,35-,36-,41-,42-/m0/s1. The van der Waals surface area contributed by atoms with Gasteiger partial charge in [-0.15, -0.1) is 0 Å². The summed E-state index contributed by atoms with van der Waals surface area (Å²) in [5, 5.41) is 9.18. The van der Waals surface area contributed by atoms with Crippen LogP contribution in [0.25, 0.3) is 21.8 Å². The van der Waals surface area contributed by atoms with E-state index in [0.717, 1.165) is 58.6 Å². The van der Waals surface area contributed by atoms with Crippen LogP contribution in [0.5, 0.6) is 0 Å². The topological polar surface area (TPSA) is 170 Å². The maximum atomic E-state index is 13.9. The summed E-state index contributed by atoms with van der Waals surface area (Å²) in [4.78, 5) is 56.6. The Kier molecular flexibility index (Phi) is 15.5. The lowest BCUT2D eigenvalue weighted by molar-refractivity contribution is -0.138. The Hall–Kier alpha value is -4.14. The summed E-state index contributed by atoms with van der Waals surface area (Å²) in [7, 11) is 0. The van der Waals surface area contributed by atoms with Crippen LogP contribution >= 0.6 is 23.2 Å². The number of ether oxygens (including phenoxy) is 1. The Morgan fingerprint density at radius 3 is 1.43 bits per heavy atom. The number of carbonyl (C=O) groups excluding carboxylic acids is 4. The van der Waals surface area contributed by atoms with Crippen LogP contribution in [0.15, 0.2) is 48.8 Å². The van der Waals surface area contributed by atoms with E-state index in [9.17, 15) is 19.2 Å². The van der Waals surface area contributed by atoms with E-state index in [-0.39, 0.29) is 47.5 Å². The number of hydrogen-bond donors (Lipinski definition) is 4. The molecular weight excluding hydrogens is 815 g/mol. The largest absolute Gasteiger partial charge is 0.378 e. The highest BCUT2D eigenvalue weighted by molar-refractivity contribution is 6.31. The fraction of sp³-hybridized carbons (Fsp3) is 0.565. The van der Waals surface area contributed by atoms with Gasteiger partial charge in [0, 0.05) is 82.5 Å². The SMILES string of the molecule is CC(C)[C@H](NC(=O)[C@H](C)N)C(=O)N1CCC[C@H]1Cc1cn(CCOCCn2cc(C[C@@H]3CCCN3C(=O)[C@@H](NC(=O)[C@H](C)N)C(C)C)c3cc(Cl)ccc32)c2ccc(Cl)cc12. The number of nitrogens with zero attached hydrogens (tertiary/aromatic N) is 4. The Morgan fingerprint density at radius 1 is 0.672 bits per heavy atom. The highest BCUT2D eigenvalue weighted by atomic mass is 35.5. The van der Waals surface area contributed by atoms with Crippen molar-refractivity contribution in [1.29, 1.82) is 0 Å². The molecule has 2 aliphatic rings. The summed E-state index contributed by atoms with van der Waals surface area (Å²) in [6.07, 6.45) is 9.20. The number of benzene rings is 2. The quantitative estimate of drug-likeness (QED) is 0.0935. The van der Waals surface area contributed by atoms with E-state index in [1.165, 1.54) is 0 Å². The lowest BCUT2D eigenvalue weighted by atomic mass is 9.99. The molecule has 13 nitrogen and oxygen atoms in total. The molecule has 2 aromatic heterocycles. The first-order valence-corrected chi connectivity index (χ1v) is 22.6. The molecule has 0 spiro atoms. The van der Waals surface area contributed by atoms with Crippen molar-refractivity contribution in [2.75, 3.05) is 26.3 Å². The van der Waals surface area contributed by atoms with Gasteiger partial charge in [-0.25, -0.2) is 0 Å². The molecule has 0 unspecified atom stereocenters. The van der Waals surface area contributed by atoms with Gasteiger partial charge in [0.2, 0.25) is 23.6 Å². The molecule has 0 bridgehead atoms. The summed E-state index contributed by atoms with van der Waals surface area (Å²) in [6, 6.07) is 9.17. The zero-order valence-corrected chi connectivity index (χ0v) is 38.0. The highest BCUT2D eigenvalue weighted by Gasteiger charge is 2.37. The second-order valence-corrected chi connectivity index (χ2v) is 18.6. The minimum absolute atomic E-state index is 0.00600. The number of rotatable bonds is 18. The Balaban J connectivity index is 1.10. The summed E-state index contributed by atoms with van der Waals surface area (Å²) >= 11 is 13.1. The average Bonchev–Trinajstić information content (AvgIpc) is 4.01. The second-order valence-electron chi connectivity index (χ2n) is 17.7. The van der Waals surface area contributed by atoms with Crippen molar-refractivity contribution in [3.8, 4) is 0 Å². The lowest BCUT2D eigenvalue weighted by Gasteiger charge is -2.31. The van der Waals surface area contributed by atoms with Crippen LogP contribution in [0.1, 0.15) is 78.4 Å². The van der Waals surface area contributed by atoms with Gasteiger partial charge in [-0.05, 0) is 112 Å². The van der Waals surface area contributed by atoms with Crippen molar-refractivity contribution >= 4 is 68.6 Å². The molecule has 2 saturated heterocycles. The van der Waals surface area contributed by atoms with Crippen LogP contribution in [-0.2, 0) is 49.8 Å². The maximum Gasteiger partial charge on any atom is 0.245 e. The molecule has 0 radical (unpaired) electrons. The van der Waals surface area contributed by atoms with Crippen LogP contribution in [0.4, 0.5) is 0 Å². The van der Waals surface area contributed by atoms with Crippen molar-refractivity contribution in [3.05, 3.63) is 70.0 Å². The third-order valence-electron chi connectivity index (χ3n) is 12.3. The molecule has 61 heavy (non-hydrogen) atoms. The van der Waals surface area contributed by atoms with Gasteiger partial charge in [0.25, 0.3) is 0 Å². The van der Waals surface area contributed by atoms with Crippen LogP contribution in [0.3, 0.4) is 0 Å². The smallest absolute Gasteiger partial charge is 0.245 e. The van der Waals surface area contributed by atoms with Crippen LogP contribution < -0.4 is 22.1 Å². The Morgan fingerprint density at radius 2 is 1.07 bits per heavy atom. The third-order valence-corrected chi connectivity index (χ3v) is 12.8. The first-order chi connectivity index (χ1) is 29.0. The van der Waals surface area contributed by atoms with E-state index in [0.29, 0.717) is 62.3 Å². The second kappa shape index (κ2) is 20.4. The molecule has 4 heterocycles. The van der Waals surface area contributed by atoms with E-state index < -0.39 is 24.2 Å². The molecule has 2 aromatic carbocycles. The first-order valence-electron chi connectivity index (χ1n) is 21.9. The molecule has 6 N–H and O–H groups in total. The number of amides is 4.